The molecule has 0 atom stereocenters. The van der Waals surface area contributed by atoms with Crippen LogP contribution in [0.5, 0.6) is 5.75 Å². The summed E-state index contributed by atoms with van der Waals surface area (Å²) in [6, 6.07) is 10.3. The molecule has 1 heterocycles. The van der Waals surface area contributed by atoms with Crippen LogP contribution in [0.3, 0.4) is 0 Å². The van der Waals surface area contributed by atoms with Crippen LogP contribution in [0.4, 0.5) is 14.9 Å². The van der Waals surface area contributed by atoms with E-state index >= 15 is 4.39 Å². The molecule has 0 aliphatic carbocycles. The van der Waals surface area contributed by atoms with Gasteiger partial charge in [0.2, 0.25) is 0 Å². The number of nitrogens with one attached hydrogen (secondary N) is 1. The summed E-state index contributed by atoms with van der Waals surface area (Å²) in [5.41, 5.74) is 1.59. The Morgan fingerprint density at radius 1 is 1.27 bits per heavy atom. The SMILES string of the molecule is C=Cc1ccc(OCc2cccc(NC(=O)OC(C)(C)C)c2)c(F)c1C1OCCO1. The molecule has 6 nitrogen and oxygen atoms in total. The molecule has 0 spiro atoms. The summed E-state index contributed by atoms with van der Waals surface area (Å²) in [5, 5.41) is 2.67. The maximum atomic E-state index is 15.1. The smallest absolute Gasteiger partial charge is 0.412 e. The lowest BCUT2D eigenvalue weighted by molar-refractivity contribution is -0.0468. The zero-order valence-electron chi connectivity index (χ0n) is 17.4. The molecular formula is C23H26FNO5. The summed E-state index contributed by atoms with van der Waals surface area (Å²) < 4.78 is 36.9. The van der Waals surface area contributed by atoms with E-state index in [0.29, 0.717) is 24.5 Å². The number of hydrogen-bond donors (Lipinski definition) is 1. The standard InChI is InChI=1S/C23H26FNO5/c1-5-16-9-10-18(20(24)19(16)21-27-11-12-28-21)29-14-15-7-6-8-17(13-15)25-22(26)30-23(2,3)4/h5-10,13,21H,1,11-12,14H2,2-4H3,(H,25,26). The second kappa shape index (κ2) is 9.28. The molecule has 0 aromatic heterocycles. The van der Waals surface area contributed by atoms with Gasteiger partial charge < -0.3 is 18.9 Å². The summed E-state index contributed by atoms with van der Waals surface area (Å²) in [4.78, 5) is 11.9. The lowest BCUT2D eigenvalue weighted by Gasteiger charge is -2.20. The first-order chi connectivity index (χ1) is 14.3. The van der Waals surface area contributed by atoms with Crippen molar-refractivity contribution in [2.24, 2.45) is 0 Å². The molecule has 1 N–H and O–H groups in total. The van der Waals surface area contributed by atoms with Gasteiger partial charge in [-0.1, -0.05) is 30.9 Å². The molecular weight excluding hydrogens is 389 g/mol. The highest BCUT2D eigenvalue weighted by Crippen LogP contribution is 2.34. The first-order valence-corrected chi connectivity index (χ1v) is 9.66. The molecule has 30 heavy (non-hydrogen) atoms. The Morgan fingerprint density at radius 2 is 2.00 bits per heavy atom. The largest absolute Gasteiger partial charge is 0.486 e. The third-order valence-corrected chi connectivity index (χ3v) is 4.22. The predicted molar refractivity (Wildman–Crippen MR) is 112 cm³/mol. The third kappa shape index (κ3) is 5.58. The van der Waals surface area contributed by atoms with Gasteiger partial charge >= 0.3 is 6.09 Å². The van der Waals surface area contributed by atoms with Crippen LogP contribution in [-0.4, -0.2) is 24.9 Å². The summed E-state index contributed by atoms with van der Waals surface area (Å²) in [5.74, 6) is -0.456. The Bertz CT molecular complexity index is 916. The molecule has 2 aromatic carbocycles. The van der Waals surface area contributed by atoms with Crippen molar-refractivity contribution in [3.63, 3.8) is 0 Å². The zero-order valence-corrected chi connectivity index (χ0v) is 17.4. The number of amides is 1. The van der Waals surface area contributed by atoms with E-state index in [-0.39, 0.29) is 17.9 Å². The third-order valence-electron chi connectivity index (χ3n) is 4.22. The van der Waals surface area contributed by atoms with Crippen molar-refractivity contribution in [3.8, 4) is 5.75 Å². The average molecular weight is 415 g/mol. The van der Waals surface area contributed by atoms with Crippen LogP contribution >= 0.6 is 0 Å². The van der Waals surface area contributed by atoms with E-state index < -0.39 is 23.8 Å². The Kier molecular flexibility index (Phi) is 6.74. The molecule has 1 saturated heterocycles. The normalized spacial score (nSPS) is 14.4. The monoisotopic (exact) mass is 415 g/mol. The second-order valence-corrected chi connectivity index (χ2v) is 7.77. The maximum absolute atomic E-state index is 15.1. The molecule has 0 radical (unpaired) electrons. The number of rotatable bonds is 6. The van der Waals surface area contributed by atoms with E-state index in [1.54, 1.807) is 57.2 Å². The minimum absolute atomic E-state index is 0.0835. The topological polar surface area (TPSA) is 66.0 Å². The predicted octanol–water partition coefficient (Wildman–Crippen LogP) is 5.44. The lowest BCUT2D eigenvalue weighted by Crippen LogP contribution is -2.27. The molecule has 0 saturated carbocycles. The van der Waals surface area contributed by atoms with Gasteiger partial charge in [-0.3, -0.25) is 5.32 Å². The first kappa shape index (κ1) is 21.8. The van der Waals surface area contributed by atoms with Gasteiger partial charge in [0.05, 0.1) is 18.8 Å². The van der Waals surface area contributed by atoms with Gasteiger partial charge in [0.15, 0.2) is 17.9 Å². The van der Waals surface area contributed by atoms with Crippen LogP contribution < -0.4 is 10.1 Å². The molecule has 1 fully saturated rings. The van der Waals surface area contributed by atoms with Crippen LogP contribution in [0.1, 0.15) is 43.8 Å². The molecule has 160 valence electrons. The highest BCUT2D eigenvalue weighted by Gasteiger charge is 2.26. The highest BCUT2D eigenvalue weighted by atomic mass is 19.1. The van der Waals surface area contributed by atoms with E-state index in [9.17, 15) is 4.79 Å². The van der Waals surface area contributed by atoms with Crippen molar-refractivity contribution < 1.29 is 28.1 Å². The van der Waals surface area contributed by atoms with Crippen molar-refractivity contribution >= 4 is 17.9 Å². The summed E-state index contributed by atoms with van der Waals surface area (Å²) >= 11 is 0. The Labute approximate surface area is 175 Å². The van der Waals surface area contributed by atoms with E-state index in [2.05, 4.69) is 11.9 Å². The Hall–Kier alpha value is -2.90. The average Bonchev–Trinajstić information content (AvgIpc) is 3.19. The van der Waals surface area contributed by atoms with Crippen molar-refractivity contribution in [1.82, 2.24) is 0 Å². The number of halogens is 1. The van der Waals surface area contributed by atoms with E-state index in [1.807, 2.05) is 6.07 Å². The fraction of sp³-hybridized carbons (Fsp3) is 0.348. The minimum atomic E-state index is -0.775. The molecule has 7 heteroatoms. The fourth-order valence-corrected chi connectivity index (χ4v) is 2.96. The quantitative estimate of drug-likeness (QED) is 0.681. The lowest BCUT2D eigenvalue weighted by atomic mass is 10.1. The number of carbonyl (C=O) groups is 1. The number of ether oxygens (including phenoxy) is 4. The van der Waals surface area contributed by atoms with Gasteiger partial charge in [-0.05, 0) is 50.1 Å². The second-order valence-electron chi connectivity index (χ2n) is 7.77. The maximum Gasteiger partial charge on any atom is 0.412 e. The summed E-state index contributed by atoms with van der Waals surface area (Å²) in [6.45, 7) is 10.0. The molecule has 1 aliphatic rings. The Morgan fingerprint density at radius 3 is 2.67 bits per heavy atom. The van der Waals surface area contributed by atoms with Crippen molar-refractivity contribution in [2.75, 3.05) is 18.5 Å². The van der Waals surface area contributed by atoms with Gasteiger partial charge in [-0.2, -0.15) is 0 Å². The fourth-order valence-electron chi connectivity index (χ4n) is 2.96. The molecule has 1 aliphatic heterocycles. The van der Waals surface area contributed by atoms with Gasteiger partial charge in [0.1, 0.15) is 12.2 Å². The highest BCUT2D eigenvalue weighted by molar-refractivity contribution is 5.84. The molecule has 0 unspecified atom stereocenters. The van der Waals surface area contributed by atoms with Crippen molar-refractivity contribution in [2.45, 2.75) is 39.3 Å². The van der Waals surface area contributed by atoms with E-state index in [0.717, 1.165) is 5.56 Å². The number of hydrogen-bond acceptors (Lipinski definition) is 5. The summed E-state index contributed by atoms with van der Waals surface area (Å²) in [6.07, 6.45) is 0.231. The molecule has 2 aromatic rings. The van der Waals surface area contributed by atoms with Crippen LogP contribution in [0.15, 0.2) is 43.0 Å². The van der Waals surface area contributed by atoms with Gasteiger partial charge in [-0.15, -0.1) is 0 Å². The number of anilines is 1. The van der Waals surface area contributed by atoms with Gasteiger partial charge in [0, 0.05) is 5.69 Å². The first-order valence-electron chi connectivity index (χ1n) is 9.66. The van der Waals surface area contributed by atoms with Crippen LogP contribution in [0.2, 0.25) is 0 Å². The van der Waals surface area contributed by atoms with Crippen LogP contribution in [0, 0.1) is 5.82 Å². The van der Waals surface area contributed by atoms with Crippen molar-refractivity contribution in [1.29, 1.82) is 0 Å². The van der Waals surface area contributed by atoms with Gasteiger partial charge in [0.25, 0.3) is 0 Å². The van der Waals surface area contributed by atoms with Crippen LogP contribution in [-0.2, 0) is 20.8 Å². The van der Waals surface area contributed by atoms with E-state index in [4.69, 9.17) is 18.9 Å². The molecule has 1 amide bonds. The molecule has 3 rings (SSSR count). The van der Waals surface area contributed by atoms with Crippen LogP contribution in [0.25, 0.3) is 6.08 Å². The summed E-state index contributed by atoms with van der Waals surface area (Å²) in [7, 11) is 0. The van der Waals surface area contributed by atoms with Gasteiger partial charge in [-0.25, -0.2) is 9.18 Å². The van der Waals surface area contributed by atoms with E-state index in [1.165, 1.54) is 0 Å². The zero-order chi connectivity index (χ0) is 21.7. The number of benzene rings is 2. The molecule has 0 bridgehead atoms. The minimum Gasteiger partial charge on any atom is -0.486 e. The van der Waals surface area contributed by atoms with Crippen molar-refractivity contribution in [3.05, 3.63) is 65.5 Å². The Balaban J connectivity index is 1.70. The number of carbonyl (C=O) groups excluding carboxylic acids is 1.